The van der Waals surface area contributed by atoms with Gasteiger partial charge in [-0.2, -0.15) is 0 Å². The lowest BCUT2D eigenvalue weighted by Gasteiger charge is -2.16. The van der Waals surface area contributed by atoms with E-state index in [4.69, 9.17) is 11.6 Å². The van der Waals surface area contributed by atoms with Gasteiger partial charge in [0.05, 0.1) is 5.69 Å². The molecule has 0 heterocycles. The molecule has 0 aliphatic carbocycles. The van der Waals surface area contributed by atoms with Crippen LogP contribution in [0, 0.1) is 0 Å². The first-order valence-electron chi connectivity index (χ1n) is 4.29. The van der Waals surface area contributed by atoms with E-state index in [1.807, 2.05) is 18.2 Å². The van der Waals surface area contributed by atoms with Crippen molar-refractivity contribution in [1.29, 1.82) is 0 Å². The van der Waals surface area contributed by atoms with Gasteiger partial charge in [0, 0.05) is 12.4 Å². The summed E-state index contributed by atoms with van der Waals surface area (Å²) >= 11 is 0. The van der Waals surface area contributed by atoms with Gasteiger partial charge < -0.3 is 5.73 Å². The second-order valence-electron chi connectivity index (χ2n) is 2.73. The monoisotopic (exact) mass is 177 g/mol. The zero-order valence-electron chi connectivity index (χ0n) is 7.77. The molecule has 0 fully saturated rings. The second-order valence-corrected chi connectivity index (χ2v) is 2.73. The molecule has 0 radical (unpaired) electrons. The Hall–Kier alpha value is -1.48. The maximum atomic E-state index is 5.75. The quantitative estimate of drug-likeness (QED) is 0.541. The fraction of sp³-hybridized carbons (Fsp3) is 0.200. The van der Waals surface area contributed by atoms with Gasteiger partial charge in [0.15, 0.2) is 0 Å². The highest BCUT2D eigenvalue weighted by Gasteiger charge is 2.01. The number of hydrazine groups is 1. The smallest absolute Gasteiger partial charge is 0.0600 e. The van der Waals surface area contributed by atoms with Crippen molar-refractivity contribution in [2.45, 2.75) is 13.3 Å². The first-order chi connectivity index (χ1) is 6.29. The standard InChI is InChI=1S/C10H15N3/c1-2-9-5-3-4-6-10(9)13(12)8-7-11/h3-8H,2,11-12H2,1H3/b8-7-. The molecule has 0 aliphatic heterocycles. The Bertz CT molecular complexity index is 294. The van der Waals surface area contributed by atoms with Crippen molar-refractivity contribution in [3.05, 3.63) is 42.2 Å². The van der Waals surface area contributed by atoms with E-state index in [0.717, 1.165) is 12.1 Å². The van der Waals surface area contributed by atoms with Gasteiger partial charge in [-0.05, 0) is 18.1 Å². The number of para-hydroxylation sites is 1. The third-order valence-electron chi connectivity index (χ3n) is 1.90. The molecule has 0 saturated heterocycles. The minimum Gasteiger partial charge on any atom is -0.403 e. The Kier molecular flexibility index (Phi) is 3.34. The largest absolute Gasteiger partial charge is 0.403 e. The molecule has 4 N–H and O–H groups in total. The van der Waals surface area contributed by atoms with Crippen LogP contribution >= 0.6 is 0 Å². The third-order valence-corrected chi connectivity index (χ3v) is 1.90. The highest BCUT2D eigenvalue weighted by molar-refractivity contribution is 5.54. The lowest BCUT2D eigenvalue weighted by molar-refractivity contribution is 1.03. The van der Waals surface area contributed by atoms with Crippen LogP contribution in [0.5, 0.6) is 0 Å². The molecule has 0 aliphatic rings. The molecule has 0 unspecified atom stereocenters. The molecule has 0 atom stereocenters. The number of anilines is 1. The Morgan fingerprint density at radius 2 is 2.08 bits per heavy atom. The predicted molar refractivity (Wildman–Crippen MR) is 55.8 cm³/mol. The summed E-state index contributed by atoms with van der Waals surface area (Å²) in [6, 6.07) is 7.99. The first kappa shape index (κ1) is 9.61. The molecule has 0 spiro atoms. The number of nitrogens with zero attached hydrogens (tertiary/aromatic N) is 1. The number of nitrogens with two attached hydrogens (primary N) is 2. The van der Waals surface area contributed by atoms with Crippen LogP contribution in [0.4, 0.5) is 5.69 Å². The van der Waals surface area contributed by atoms with Gasteiger partial charge in [0.1, 0.15) is 0 Å². The number of hydrogen-bond acceptors (Lipinski definition) is 3. The van der Waals surface area contributed by atoms with E-state index in [-0.39, 0.29) is 0 Å². The average Bonchev–Trinajstić information content (AvgIpc) is 2.18. The van der Waals surface area contributed by atoms with Crippen LogP contribution in [-0.2, 0) is 6.42 Å². The summed E-state index contributed by atoms with van der Waals surface area (Å²) in [5, 5.41) is 1.53. The molecular formula is C10H15N3. The number of aryl methyl sites for hydroxylation is 1. The Morgan fingerprint density at radius 3 is 2.69 bits per heavy atom. The van der Waals surface area contributed by atoms with Gasteiger partial charge in [0.25, 0.3) is 0 Å². The van der Waals surface area contributed by atoms with E-state index in [1.165, 1.54) is 16.8 Å². The predicted octanol–water partition coefficient (Wildman–Crippen LogP) is 1.36. The summed E-state index contributed by atoms with van der Waals surface area (Å²) in [6.45, 7) is 2.10. The van der Waals surface area contributed by atoms with Crippen LogP contribution in [0.15, 0.2) is 36.7 Å². The van der Waals surface area contributed by atoms with Crippen molar-refractivity contribution in [1.82, 2.24) is 0 Å². The molecule has 0 aromatic heterocycles. The Labute approximate surface area is 78.6 Å². The molecular weight excluding hydrogens is 162 g/mol. The van der Waals surface area contributed by atoms with E-state index in [1.54, 1.807) is 6.20 Å². The van der Waals surface area contributed by atoms with E-state index in [9.17, 15) is 0 Å². The fourth-order valence-corrected chi connectivity index (χ4v) is 1.23. The SMILES string of the molecule is CCc1ccccc1N(N)/C=C\N. The highest BCUT2D eigenvalue weighted by atomic mass is 15.4. The van der Waals surface area contributed by atoms with Crippen molar-refractivity contribution >= 4 is 5.69 Å². The lowest BCUT2D eigenvalue weighted by atomic mass is 10.1. The summed E-state index contributed by atoms with van der Waals surface area (Å²) in [7, 11) is 0. The highest BCUT2D eigenvalue weighted by Crippen LogP contribution is 2.18. The number of benzene rings is 1. The average molecular weight is 177 g/mol. The molecule has 0 bridgehead atoms. The Balaban J connectivity index is 2.98. The van der Waals surface area contributed by atoms with E-state index in [0.29, 0.717) is 0 Å². The van der Waals surface area contributed by atoms with Crippen molar-refractivity contribution in [3.8, 4) is 0 Å². The Morgan fingerprint density at radius 1 is 1.38 bits per heavy atom. The third kappa shape index (κ3) is 2.23. The zero-order valence-corrected chi connectivity index (χ0v) is 7.77. The summed E-state index contributed by atoms with van der Waals surface area (Å²) in [5.41, 5.74) is 7.46. The van der Waals surface area contributed by atoms with Gasteiger partial charge in [-0.25, -0.2) is 5.84 Å². The summed E-state index contributed by atoms with van der Waals surface area (Å²) in [6.07, 6.45) is 4.02. The summed E-state index contributed by atoms with van der Waals surface area (Å²) < 4.78 is 0. The van der Waals surface area contributed by atoms with Crippen LogP contribution in [-0.4, -0.2) is 0 Å². The number of hydrogen-bond donors (Lipinski definition) is 2. The van der Waals surface area contributed by atoms with Gasteiger partial charge in [0.2, 0.25) is 0 Å². The molecule has 3 nitrogen and oxygen atoms in total. The normalized spacial score (nSPS) is 10.6. The van der Waals surface area contributed by atoms with Crippen LogP contribution in [0.25, 0.3) is 0 Å². The minimum atomic E-state index is 0.961. The molecule has 13 heavy (non-hydrogen) atoms. The molecule has 1 aromatic rings. The van der Waals surface area contributed by atoms with Crippen LogP contribution in [0.3, 0.4) is 0 Å². The molecule has 0 amide bonds. The summed E-state index contributed by atoms with van der Waals surface area (Å²) in [5.74, 6) is 5.75. The maximum absolute atomic E-state index is 5.75. The van der Waals surface area contributed by atoms with E-state index in [2.05, 4.69) is 13.0 Å². The fourth-order valence-electron chi connectivity index (χ4n) is 1.23. The first-order valence-corrected chi connectivity index (χ1v) is 4.29. The van der Waals surface area contributed by atoms with Crippen molar-refractivity contribution in [3.63, 3.8) is 0 Å². The molecule has 0 saturated carbocycles. The molecule has 3 heteroatoms. The topological polar surface area (TPSA) is 55.3 Å². The zero-order chi connectivity index (χ0) is 9.68. The van der Waals surface area contributed by atoms with Crippen LogP contribution in [0.2, 0.25) is 0 Å². The molecule has 70 valence electrons. The van der Waals surface area contributed by atoms with Gasteiger partial charge in [-0.15, -0.1) is 0 Å². The van der Waals surface area contributed by atoms with Gasteiger partial charge >= 0.3 is 0 Å². The second kappa shape index (κ2) is 4.52. The summed E-state index contributed by atoms with van der Waals surface area (Å²) in [4.78, 5) is 0. The van der Waals surface area contributed by atoms with Gasteiger partial charge in [-0.3, -0.25) is 5.01 Å². The van der Waals surface area contributed by atoms with Crippen LogP contribution in [0.1, 0.15) is 12.5 Å². The van der Waals surface area contributed by atoms with Crippen molar-refractivity contribution in [2.75, 3.05) is 5.01 Å². The number of rotatable bonds is 3. The van der Waals surface area contributed by atoms with E-state index >= 15 is 0 Å². The van der Waals surface area contributed by atoms with Crippen molar-refractivity contribution < 1.29 is 0 Å². The van der Waals surface area contributed by atoms with Crippen LogP contribution < -0.4 is 16.6 Å². The van der Waals surface area contributed by atoms with Gasteiger partial charge in [-0.1, -0.05) is 25.1 Å². The van der Waals surface area contributed by atoms with Crippen molar-refractivity contribution in [2.24, 2.45) is 11.6 Å². The minimum absolute atomic E-state index is 0.961. The maximum Gasteiger partial charge on any atom is 0.0600 e. The lowest BCUT2D eigenvalue weighted by Crippen LogP contribution is -2.25. The van der Waals surface area contributed by atoms with E-state index < -0.39 is 0 Å². The molecule has 1 aromatic carbocycles. The molecule has 1 rings (SSSR count).